The van der Waals surface area contributed by atoms with Gasteiger partial charge < -0.3 is 0 Å². The lowest BCUT2D eigenvalue weighted by Crippen LogP contribution is -2.11. The van der Waals surface area contributed by atoms with Crippen molar-refractivity contribution in [1.82, 2.24) is 4.98 Å². The molecule has 0 amide bonds. The zero-order chi connectivity index (χ0) is 14.9. The molecule has 104 valence electrons. The Morgan fingerprint density at radius 2 is 1.84 bits per heavy atom. The summed E-state index contributed by atoms with van der Waals surface area (Å²) in [5.74, 6) is 0. The van der Waals surface area contributed by atoms with E-state index in [1.54, 1.807) is 0 Å². The lowest BCUT2D eigenvalue weighted by Gasteiger charge is -2.25. The first-order chi connectivity index (χ1) is 9.00. The van der Waals surface area contributed by atoms with Crippen LogP contribution in [0.15, 0.2) is 54.8 Å². The minimum atomic E-state index is 0.0983. The van der Waals surface area contributed by atoms with Crippen molar-refractivity contribution in [2.24, 2.45) is 5.41 Å². The summed E-state index contributed by atoms with van der Waals surface area (Å²) < 4.78 is 0. The molecule has 1 aromatic rings. The summed E-state index contributed by atoms with van der Waals surface area (Å²) in [7, 11) is 0. The van der Waals surface area contributed by atoms with Crippen LogP contribution in [0.3, 0.4) is 0 Å². The summed E-state index contributed by atoms with van der Waals surface area (Å²) in [5.41, 5.74) is 3.53. The van der Waals surface area contributed by atoms with Gasteiger partial charge in [0.15, 0.2) is 0 Å². The zero-order valence-corrected chi connectivity index (χ0v) is 13.2. The summed E-state index contributed by atoms with van der Waals surface area (Å²) in [4.78, 5) is 4.42. The van der Waals surface area contributed by atoms with Gasteiger partial charge in [-0.25, -0.2) is 0 Å². The Bertz CT molecular complexity index is 431. The Morgan fingerprint density at radius 1 is 1.21 bits per heavy atom. The number of aromatic nitrogens is 1. The van der Waals surface area contributed by atoms with E-state index in [9.17, 15) is 0 Å². The van der Waals surface area contributed by atoms with Crippen LogP contribution in [-0.2, 0) is 0 Å². The van der Waals surface area contributed by atoms with Crippen molar-refractivity contribution in [3.63, 3.8) is 0 Å². The fourth-order valence-corrected chi connectivity index (χ4v) is 1.95. The van der Waals surface area contributed by atoms with Gasteiger partial charge in [-0.3, -0.25) is 4.98 Å². The van der Waals surface area contributed by atoms with E-state index in [2.05, 4.69) is 45.3 Å². The van der Waals surface area contributed by atoms with Gasteiger partial charge in [-0.1, -0.05) is 65.5 Å². The molecule has 0 saturated heterocycles. The van der Waals surface area contributed by atoms with Gasteiger partial charge in [-0.2, -0.15) is 0 Å². The first kappa shape index (κ1) is 17.4. The Morgan fingerprint density at radius 3 is 2.21 bits per heavy atom. The van der Waals surface area contributed by atoms with E-state index in [0.29, 0.717) is 0 Å². The summed E-state index contributed by atoms with van der Waals surface area (Å²) in [5, 5.41) is 0. The second kappa shape index (κ2) is 8.47. The Hall–Kier alpha value is -1.63. The second-order valence-electron chi connectivity index (χ2n) is 4.98. The summed E-state index contributed by atoms with van der Waals surface area (Å²) in [6.07, 6.45) is 7.83. The average Bonchev–Trinajstić information content (AvgIpc) is 2.40. The van der Waals surface area contributed by atoms with E-state index >= 15 is 0 Å². The van der Waals surface area contributed by atoms with Crippen LogP contribution < -0.4 is 0 Å². The van der Waals surface area contributed by atoms with Gasteiger partial charge in [-0.15, -0.1) is 0 Å². The van der Waals surface area contributed by atoms with Crippen LogP contribution in [0.2, 0.25) is 0 Å². The molecule has 1 heteroatoms. The van der Waals surface area contributed by atoms with Crippen LogP contribution in [0.4, 0.5) is 0 Å². The first-order valence-electron chi connectivity index (χ1n) is 6.92. The fraction of sp³-hybridized carbons (Fsp3) is 0.389. The predicted octanol–water partition coefficient (Wildman–Crippen LogP) is 5.67. The maximum Gasteiger partial charge on any atom is 0.0704 e. The maximum atomic E-state index is 4.42. The number of nitrogens with zero attached hydrogens (tertiary/aromatic N) is 1. The molecule has 0 aromatic carbocycles. The quantitative estimate of drug-likeness (QED) is 0.636. The highest BCUT2D eigenvalue weighted by molar-refractivity contribution is 5.79. The normalized spacial score (nSPS) is 12.5. The minimum Gasteiger partial charge on any atom is -0.256 e. The molecular weight excluding hydrogens is 230 g/mol. The molecule has 0 bridgehead atoms. The highest BCUT2D eigenvalue weighted by Crippen LogP contribution is 2.35. The largest absolute Gasteiger partial charge is 0.256 e. The van der Waals surface area contributed by atoms with Gasteiger partial charge in [0.25, 0.3) is 0 Å². The highest BCUT2D eigenvalue weighted by atomic mass is 14.7. The van der Waals surface area contributed by atoms with Crippen LogP contribution in [0, 0.1) is 5.41 Å². The molecule has 0 fully saturated rings. The second-order valence-corrected chi connectivity index (χ2v) is 4.98. The van der Waals surface area contributed by atoms with Crippen molar-refractivity contribution in [2.45, 2.75) is 41.5 Å². The molecule has 0 aliphatic heterocycles. The van der Waals surface area contributed by atoms with Crippen LogP contribution in [0.1, 0.15) is 47.2 Å². The van der Waals surface area contributed by atoms with Crippen molar-refractivity contribution in [3.8, 4) is 0 Å². The standard InChI is InChI=1S/C16H21N.C2H6/c1-6-10-13(14(7-2)16(3,4)5)15-11-8-9-12-17-15;1-2/h6-12H,1H2,2-5H3;1-2H3/b13-10+,14-7+;. The van der Waals surface area contributed by atoms with Crippen LogP contribution in [-0.4, -0.2) is 4.98 Å². The van der Waals surface area contributed by atoms with Gasteiger partial charge in [-0.05, 0) is 30.0 Å². The molecule has 1 aromatic heterocycles. The van der Waals surface area contributed by atoms with Crippen molar-refractivity contribution in [1.29, 1.82) is 0 Å². The molecule has 0 spiro atoms. The van der Waals surface area contributed by atoms with Crippen molar-refractivity contribution < 1.29 is 0 Å². The molecule has 0 unspecified atom stereocenters. The number of allylic oxidation sites excluding steroid dienone is 5. The van der Waals surface area contributed by atoms with Gasteiger partial charge >= 0.3 is 0 Å². The first-order valence-corrected chi connectivity index (χ1v) is 6.92. The third-order valence-electron chi connectivity index (χ3n) is 2.61. The van der Waals surface area contributed by atoms with Crippen LogP contribution in [0.25, 0.3) is 5.57 Å². The smallest absolute Gasteiger partial charge is 0.0704 e. The van der Waals surface area contributed by atoms with Crippen LogP contribution >= 0.6 is 0 Å². The van der Waals surface area contributed by atoms with E-state index in [1.807, 2.05) is 50.4 Å². The third-order valence-corrected chi connectivity index (χ3v) is 2.61. The minimum absolute atomic E-state index is 0.0983. The molecule has 0 atom stereocenters. The number of rotatable bonds is 3. The molecule has 0 saturated carbocycles. The Kier molecular flexibility index (Phi) is 7.74. The molecular formula is C18H27N. The van der Waals surface area contributed by atoms with E-state index in [-0.39, 0.29) is 5.41 Å². The highest BCUT2D eigenvalue weighted by Gasteiger charge is 2.20. The van der Waals surface area contributed by atoms with Gasteiger partial charge in [0.1, 0.15) is 0 Å². The molecule has 1 heterocycles. The number of hydrogen-bond donors (Lipinski definition) is 0. The number of hydrogen-bond acceptors (Lipinski definition) is 1. The van der Waals surface area contributed by atoms with Crippen molar-refractivity contribution >= 4 is 5.57 Å². The molecule has 19 heavy (non-hydrogen) atoms. The number of pyridine rings is 1. The Balaban J connectivity index is 0.00000154. The van der Waals surface area contributed by atoms with Crippen molar-refractivity contribution in [2.75, 3.05) is 0 Å². The molecule has 0 aliphatic carbocycles. The lowest BCUT2D eigenvalue weighted by atomic mass is 9.80. The van der Waals surface area contributed by atoms with Crippen LogP contribution in [0.5, 0.6) is 0 Å². The van der Waals surface area contributed by atoms with E-state index < -0.39 is 0 Å². The maximum absolute atomic E-state index is 4.42. The van der Waals surface area contributed by atoms with E-state index in [0.717, 1.165) is 11.3 Å². The van der Waals surface area contributed by atoms with Gasteiger partial charge in [0, 0.05) is 11.8 Å². The topological polar surface area (TPSA) is 12.9 Å². The van der Waals surface area contributed by atoms with Gasteiger partial charge in [0.05, 0.1) is 5.69 Å². The molecule has 0 aliphatic rings. The third kappa shape index (κ3) is 5.25. The lowest BCUT2D eigenvalue weighted by molar-refractivity contribution is 0.519. The predicted molar refractivity (Wildman–Crippen MR) is 87.0 cm³/mol. The SMILES string of the molecule is C=C/C=C(\C(=C/C)C(C)(C)C)c1ccccn1.CC. The van der Waals surface area contributed by atoms with E-state index in [4.69, 9.17) is 0 Å². The average molecular weight is 257 g/mol. The molecule has 0 radical (unpaired) electrons. The Labute approximate surface area is 118 Å². The zero-order valence-electron chi connectivity index (χ0n) is 13.2. The van der Waals surface area contributed by atoms with E-state index in [1.165, 1.54) is 5.57 Å². The molecule has 0 N–H and O–H groups in total. The fourth-order valence-electron chi connectivity index (χ4n) is 1.95. The molecule has 1 nitrogen and oxygen atoms in total. The van der Waals surface area contributed by atoms with Crippen molar-refractivity contribution in [3.05, 3.63) is 60.5 Å². The summed E-state index contributed by atoms with van der Waals surface area (Å²) in [6, 6.07) is 5.97. The monoisotopic (exact) mass is 257 g/mol. The summed E-state index contributed by atoms with van der Waals surface area (Å²) >= 11 is 0. The van der Waals surface area contributed by atoms with Gasteiger partial charge in [0.2, 0.25) is 0 Å². The molecule has 1 rings (SSSR count). The summed E-state index contributed by atoms with van der Waals surface area (Å²) in [6.45, 7) is 16.5.